The van der Waals surface area contributed by atoms with Gasteiger partial charge in [0.25, 0.3) is 0 Å². The number of nitrogens with two attached hydrogens (primary N) is 1. The number of rotatable bonds is 11. The van der Waals surface area contributed by atoms with Crippen molar-refractivity contribution in [2.45, 2.75) is 57.2 Å². The summed E-state index contributed by atoms with van der Waals surface area (Å²) in [5.74, 6) is -1.71. The fourth-order valence-corrected chi connectivity index (χ4v) is 7.12. The van der Waals surface area contributed by atoms with Crippen LogP contribution in [0.25, 0.3) is 0 Å². The van der Waals surface area contributed by atoms with E-state index in [4.69, 9.17) is 19.6 Å². The second kappa shape index (κ2) is 21.5. The molecule has 7 N–H and O–H groups in total. The average Bonchev–Trinajstić information content (AvgIpc) is 3.75. The van der Waals surface area contributed by atoms with E-state index in [0.29, 0.717) is 55.2 Å². The Morgan fingerprint density at radius 2 is 1.76 bits per heavy atom. The number of carbonyl (C=O) groups is 6. The van der Waals surface area contributed by atoms with E-state index in [0.717, 1.165) is 17.7 Å². The second-order valence-corrected chi connectivity index (χ2v) is 14.4. The summed E-state index contributed by atoms with van der Waals surface area (Å²) >= 11 is 0. The molecule has 5 rings (SSSR count). The van der Waals surface area contributed by atoms with Gasteiger partial charge in [0, 0.05) is 57.8 Å². The van der Waals surface area contributed by atoms with Crippen LogP contribution in [0.1, 0.15) is 41.7 Å². The Bertz CT molecular complexity index is 1900. The fraction of sp³-hybridized carbons (Fsp3) is 0.429. The number of hydrogen-bond donors (Lipinski definition) is 6. The Hall–Kier alpha value is -6.00. The zero-order valence-electron chi connectivity index (χ0n) is 32.8. The highest BCUT2D eigenvalue weighted by Crippen LogP contribution is 2.35. The molecule has 58 heavy (non-hydrogen) atoms. The number of nitrogens with one attached hydrogen (secondary N) is 5. The van der Waals surface area contributed by atoms with Crippen LogP contribution in [-0.2, 0) is 59.3 Å². The zero-order chi connectivity index (χ0) is 41.3. The molecule has 1 aromatic heterocycles. The number of furan rings is 1. The van der Waals surface area contributed by atoms with Crippen molar-refractivity contribution in [2.75, 3.05) is 53.0 Å². The lowest BCUT2D eigenvalue weighted by atomic mass is 9.74. The van der Waals surface area contributed by atoms with Gasteiger partial charge in [0.05, 0.1) is 38.4 Å². The molecule has 0 spiro atoms. The molecule has 0 saturated carbocycles. The predicted octanol–water partition coefficient (Wildman–Crippen LogP) is 0.678. The maximum Gasteiger partial charge on any atom is 0.246 e. The Kier molecular flexibility index (Phi) is 16.0. The Balaban J connectivity index is 1.44. The zero-order valence-corrected chi connectivity index (χ0v) is 32.8. The monoisotopic (exact) mass is 799 g/mol. The number of benzene rings is 2. The number of hydrogen-bond acceptors (Lipinski definition) is 10. The lowest BCUT2D eigenvalue weighted by Gasteiger charge is -2.42. The summed E-state index contributed by atoms with van der Waals surface area (Å²) < 4.78 is 16.3. The molecule has 3 aromatic rings. The van der Waals surface area contributed by atoms with E-state index in [-0.39, 0.29) is 58.5 Å². The summed E-state index contributed by atoms with van der Waals surface area (Å²) in [5, 5.41) is 14.2. The van der Waals surface area contributed by atoms with Crippen LogP contribution in [0.3, 0.4) is 0 Å². The van der Waals surface area contributed by atoms with Crippen molar-refractivity contribution >= 4 is 35.4 Å². The normalized spacial score (nSPS) is 21.8. The second-order valence-electron chi connectivity index (χ2n) is 14.4. The smallest absolute Gasteiger partial charge is 0.246 e. The quantitative estimate of drug-likeness (QED) is 0.149. The van der Waals surface area contributed by atoms with Gasteiger partial charge >= 0.3 is 0 Å². The fourth-order valence-electron chi connectivity index (χ4n) is 7.12. The summed E-state index contributed by atoms with van der Waals surface area (Å²) in [7, 11) is 1.57. The molecule has 2 aliphatic heterocycles. The SMILES string of the molecule is COc1ccc(C[C@@]23CCCN(C2)C(=O)/C=C/C(=O)NCC[C@@H](C(=O)NCCOCCN)NC(=O)Cc2ccccc2CNC(=O)[C@H](Cc2ccco2)NC3=O)cc1. The minimum absolute atomic E-state index is 0.00997. The molecule has 3 atom stereocenters. The summed E-state index contributed by atoms with van der Waals surface area (Å²) in [6, 6.07) is 15.8. The third-order valence-corrected chi connectivity index (χ3v) is 10.2. The van der Waals surface area contributed by atoms with Gasteiger partial charge in [-0.15, -0.1) is 0 Å². The molecule has 1 saturated heterocycles. The van der Waals surface area contributed by atoms with Crippen molar-refractivity contribution in [2.24, 2.45) is 11.1 Å². The number of ether oxygens (including phenoxy) is 2. The first-order chi connectivity index (χ1) is 28.1. The molecule has 16 heteroatoms. The summed E-state index contributed by atoms with van der Waals surface area (Å²) in [5.41, 5.74) is 6.44. The van der Waals surface area contributed by atoms with Crippen LogP contribution in [0.5, 0.6) is 5.75 Å². The highest BCUT2D eigenvalue weighted by atomic mass is 16.5. The number of fused-ring (bicyclic) bond motifs is 3. The number of amides is 6. The maximum absolute atomic E-state index is 14.6. The summed E-state index contributed by atoms with van der Waals surface area (Å²) in [6.07, 6.45) is 4.93. The molecule has 16 nitrogen and oxygen atoms in total. The molecule has 6 amide bonds. The first kappa shape index (κ1) is 43.1. The van der Waals surface area contributed by atoms with Crippen molar-refractivity contribution in [1.29, 1.82) is 0 Å². The van der Waals surface area contributed by atoms with E-state index >= 15 is 0 Å². The van der Waals surface area contributed by atoms with Crippen LogP contribution < -0.4 is 37.1 Å². The van der Waals surface area contributed by atoms with E-state index in [9.17, 15) is 28.8 Å². The van der Waals surface area contributed by atoms with Crippen molar-refractivity contribution in [3.05, 3.63) is 102 Å². The molecule has 310 valence electrons. The van der Waals surface area contributed by atoms with Crippen LogP contribution in [-0.4, -0.2) is 105 Å². The highest BCUT2D eigenvalue weighted by Gasteiger charge is 2.44. The van der Waals surface area contributed by atoms with Gasteiger partial charge in [0.1, 0.15) is 23.6 Å². The van der Waals surface area contributed by atoms with Gasteiger partial charge in [0.2, 0.25) is 35.4 Å². The Morgan fingerprint density at radius 1 is 0.966 bits per heavy atom. The number of nitrogens with zero attached hydrogens (tertiary/aromatic N) is 1. The molecule has 2 bridgehead atoms. The van der Waals surface area contributed by atoms with Crippen molar-refractivity contribution in [3.63, 3.8) is 0 Å². The summed E-state index contributed by atoms with van der Waals surface area (Å²) in [6.45, 7) is 1.52. The van der Waals surface area contributed by atoms with Crippen LogP contribution >= 0.6 is 0 Å². The third kappa shape index (κ3) is 12.5. The molecule has 2 aromatic carbocycles. The first-order valence-electron chi connectivity index (χ1n) is 19.5. The Labute approximate surface area is 337 Å². The van der Waals surface area contributed by atoms with Crippen molar-refractivity contribution in [1.82, 2.24) is 31.5 Å². The van der Waals surface area contributed by atoms with E-state index in [1.165, 1.54) is 11.2 Å². The number of carbonyl (C=O) groups excluding carboxylic acids is 6. The number of piperidine rings is 1. The standard InChI is InChI=1S/C42H53N7O9/c1-56-32-11-9-29(10-12-32)26-42-16-5-20-49(28-42)38(52)14-13-36(50)44-18-15-34(39(53)45-19-23-57-22-17-43)47-37(51)24-30-6-2-3-7-31(30)27-46-40(54)35(48-41(42)55)25-33-8-4-21-58-33/h2-4,6-14,21,34-35H,5,15-20,22-28,43H2,1H3,(H,44,50)(H,45,53)(H,46,54)(H,47,51)(H,48,55)/b14-13+/t34-,35-,42-/m0/s1. The van der Waals surface area contributed by atoms with Crippen molar-refractivity contribution in [3.8, 4) is 5.75 Å². The Morgan fingerprint density at radius 3 is 2.50 bits per heavy atom. The van der Waals surface area contributed by atoms with Gasteiger partial charge in [-0.25, -0.2) is 0 Å². The van der Waals surface area contributed by atoms with E-state index in [1.807, 2.05) is 12.1 Å². The molecule has 0 unspecified atom stereocenters. The first-order valence-corrected chi connectivity index (χ1v) is 19.5. The average molecular weight is 800 g/mol. The van der Waals surface area contributed by atoms with Crippen LogP contribution in [0, 0.1) is 5.41 Å². The summed E-state index contributed by atoms with van der Waals surface area (Å²) in [4.78, 5) is 83.3. The topological polar surface area (TPSA) is 223 Å². The van der Waals surface area contributed by atoms with E-state index in [1.54, 1.807) is 55.6 Å². The lowest BCUT2D eigenvalue weighted by molar-refractivity contribution is -0.141. The molecular weight excluding hydrogens is 747 g/mol. The molecule has 1 fully saturated rings. The number of methoxy groups -OCH3 is 1. The molecule has 0 aliphatic carbocycles. The van der Waals surface area contributed by atoms with Gasteiger partial charge < -0.3 is 51.1 Å². The van der Waals surface area contributed by atoms with E-state index in [2.05, 4.69) is 26.6 Å². The lowest BCUT2D eigenvalue weighted by Crippen LogP contribution is -2.58. The van der Waals surface area contributed by atoms with Crippen molar-refractivity contribution < 1.29 is 42.7 Å². The van der Waals surface area contributed by atoms with Gasteiger partial charge in [-0.3, -0.25) is 28.8 Å². The molecule has 2 aliphatic rings. The highest BCUT2D eigenvalue weighted by molar-refractivity contribution is 5.97. The van der Waals surface area contributed by atoms with Gasteiger partial charge in [-0.2, -0.15) is 0 Å². The van der Waals surface area contributed by atoms with Crippen LogP contribution in [0.4, 0.5) is 0 Å². The minimum Gasteiger partial charge on any atom is -0.497 e. The maximum atomic E-state index is 14.6. The van der Waals surface area contributed by atoms with E-state index < -0.39 is 52.9 Å². The third-order valence-electron chi connectivity index (χ3n) is 10.2. The van der Waals surface area contributed by atoms with Crippen LogP contribution in [0.2, 0.25) is 0 Å². The van der Waals surface area contributed by atoms with Gasteiger partial charge in [-0.05, 0) is 66.6 Å². The van der Waals surface area contributed by atoms with Gasteiger partial charge in [-0.1, -0.05) is 36.4 Å². The molecule has 3 heterocycles. The molecular formula is C42H53N7O9. The van der Waals surface area contributed by atoms with Crippen LogP contribution in [0.15, 0.2) is 83.5 Å². The minimum atomic E-state index is -1.14. The molecule has 0 radical (unpaired) electrons. The predicted molar refractivity (Wildman–Crippen MR) is 213 cm³/mol. The van der Waals surface area contributed by atoms with Gasteiger partial charge in [0.15, 0.2) is 0 Å². The largest absolute Gasteiger partial charge is 0.497 e.